The fourth-order valence-electron chi connectivity index (χ4n) is 8.81. The molecule has 66 heavy (non-hydrogen) atoms. The Morgan fingerprint density at radius 1 is 0.848 bits per heavy atom. The normalized spacial score (nSPS) is 22.4. The van der Waals surface area contributed by atoms with E-state index in [0.717, 1.165) is 17.8 Å². The number of carbonyl (C=O) groups excluding carboxylic acids is 5. The van der Waals surface area contributed by atoms with Gasteiger partial charge in [0.15, 0.2) is 23.6 Å². The molecule has 3 heterocycles. The van der Waals surface area contributed by atoms with E-state index in [9.17, 15) is 44.4 Å². The number of aliphatic hydroxyl groups excluding tert-OH is 1. The maximum absolute atomic E-state index is 13.7. The lowest BCUT2D eigenvalue weighted by molar-refractivity contribution is -0.249. The third-order valence-electron chi connectivity index (χ3n) is 12.3. The number of ether oxygens (including phenoxy) is 5. The van der Waals surface area contributed by atoms with Crippen molar-refractivity contribution >= 4 is 51.0 Å². The Kier molecular flexibility index (Phi) is 13.8. The maximum atomic E-state index is 13.7. The SMILES string of the molecule is CC(=O)C1(O)Cc2c(O)c3c(c(O)c2C(OC2CC(NC(=O)CCOCCOCCOCCNC(=O)c4cc5cccnc5c5ncccc45)C(O)C(C)O2)C1)C(=O)c1ccccc1C3=O. The Balaban J connectivity index is 0.777. The highest BCUT2D eigenvalue weighted by Gasteiger charge is 2.49. The number of phenols is 2. The summed E-state index contributed by atoms with van der Waals surface area (Å²) in [7, 11) is 0. The van der Waals surface area contributed by atoms with Crippen LogP contribution in [-0.2, 0) is 39.7 Å². The van der Waals surface area contributed by atoms with Crippen molar-refractivity contribution in [3.8, 4) is 11.5 Å². The zero-order chi connectivity index (χ0) is 46.7. The molecule has 8 rings (SSSR count). The summed E-state index contributed by atoms with van der Waals surface area (Å²) in [5.74, 6) is -4.02. The molecule has 0 bridgehead atoms. The van der Waals surface area contributed by atoms with Crippen molar-refractivity contribution in [2.24, 2.45) is 0 Å². The number of benzene rings is 3. The predicted molar refractivity (Wildman–Crippen MR) is 234 cm³/mol. The molecule has 1 aliphatic heterocycles. The van der Waals surface area contributed by atoms with Crippen LogP contribution in [0.5, 0.6) is 11.5 Å². The minimum absolute atomic E-state index is 0.0333. The molecule has 2 aromatic heterocycles. The first-order valence-electron chi connectivity index (χ1n) is 21.7. The number of aromatic nitrogens is 2. The van der Waals surface area contributed by atoms with E-state index in [4.69, 9.17) is 23.7 Å². The summed E-state index contributed by atoms with van der Waals surface area (Å²) < 4.78 is 28.9. The third kappa shape index (κ3) is 9.26. The van der Waals surface area contributed by atoms with Crippen molar-refractivity contribution in [2.75, 3.05) is 46.2 Å². The highest BCUT2D eigenvalue weighted by Crippen LogP contribution is 2.52. The van der Waals surface area contributed by atoms with E-state index in [2.05, 4.69) is 20.6 Å². The van der Waals surface area contributed by atoms with E-state index in [1.165, 1.54) is 12.1 Å². The van der Waals surface area contributed by atoms with Gasteiger partial charge in [0.05, 0.1) is 80.1 Å². The zero-order valence-electron chi connectivity index (χ0n) is 36.3. The summed E-state index contributed by atoms with van der Waals surface area (Å²) in [4.78, 5) is 74.9. The van der Waals surface area contributed by atoms with Crippen LogP contribution in [0.25, 0.3) is 21.8 Å². The molecule has 346 valence electrons. The molecule has 18 heteroatoms. The summed E-state index contributed by atoms with van der Waals surface area (Å²) in [6, 6.07) is 14.2. The molecule has 6 N–H and O–H groups in total. The van der Waals surface area contributed by atoms with Crippen molar-refractivity contribution in [1.82, 2.24) is 20.6 Å². The quantitative estimate of drug-likeness (QED) is 0.0436. The highest BCUT2D eigenvalue weighted by molar-refractivity contribution is 6.30. The fourth-order valence-corrected chi connectivity index (χ4v) is 8.81. The number of aromatic hydroxyl groups is 2. The summed E-state index contributed by atoms with van der Waals surface area (Å²) in [5, 5.41) is 52.9. The van der Waals surface area contributed by atoms with Gasteiger partial charge < -0.3 is 54.7 Å². The van der Waals surface area contributed by atoms with Crippen LogP contribution in [0.15, 0.2) is 67.0 Å². The Morgan fingerprint density at radius 3 is 2.18 bits per heavy atom. The molecule has 3 aliphatic rings. The van der Waals surface area contributed by atoms with Crippen LogP contribution in [0.1, 0.15) is 92.5 Å². The van der Waals surface area contributed by atoms with Crippen LogP contribution in [0.3, 0.4) is 0 Å². The van der Waals surface area contributed by atoms with Gasteiger partial charge in [-0.3, -0.25) is 33.9 Å². The molecule has 1 fully saturated rings. The van der Waals surface area contributed by atoms with Gasteiger partial charge in [-0.05, 0) is 32.0 Å². The molecule has 2 aliphatic carbocycles. The molecular weight excluding hydrogens is 857 g/mol. The minimum Gasteiger partial charge on any atom is -0.507 e. The molecule has 0 radical (unpaired) electrons. The number of carbonyl (C=O) groups is 5. The van der Waals surface area contributed by atoms with Gasteiger partial charge in [0.2, 0.25) is 5.91 Å². The number of nitrogens with zero attached hydrogens (tertiary/aromatic N) is 2. The van der Waals surface area contributed by atoms with Gasteiger partial charge in [0.1, 0.15) is 23.2 Å². The van der Waals surface area contributed by atoms with E-state index in [-0.39, 0.29) is 87.2 Å². The first kappa shape index (κ1) is 46.3. The van der Waals surface area contributed by atoms with E-state index in [1.807, 2.05) is 18.2 Å². The van der Waals surface area contributed by atoms with E-state index < -0.39 is 95.0 Å². The van der Waals surface area contributed by atoms with Gasteiger partial charge in [-0.15, -0.1) is 0 Å². The summed E-state index contributed by atoms with van der Waals surface area (Å²) in [5.41, 5.74) is -1.20. The lowest BCUT2D eigenvalue weighted by Gasteiger charge is -2.42. The predicted octanol–water partition coefficient (Wildman–Crippen LogP) is 3.14. The van der Waals surface area contributed by atoms with Gasteiger partial charge in [-0.2, -0.15) is 0 Å². The second kappa shape index (κ2) is 19.7. The molecule has 3 aromatic carbocycles. The number of hydrogen-bond donors (Lipinski definition) is 6. The standard InChI is InChI=1S/C48H50N4O14/c1-25-42(55)33(52-35(54)11-15-62-17-19-64-20-18-63-16-14-51-47(60)31-21-27-7-5-12-49-40(27)41-28(31)10-6-13-50-41)22-36(65-25)66-34-24-48(61,26(2)53)23-32-37(34)46(59)39-38(45(32)58)43(56)29-8-3-4-9-30(29)44(39)57/h3-10,12-13,21,25,33-34,36,42,55,58-59,61H,11,14-20,22-24H2,1-2H3,(H,51,60)(H,52,54). The number of pyridine rings is 2. The highest BCUT2D eigenvalue weighted by atomic mass is 16.7. The first-order chi connectivity index (χ1) is 31.8. The van der Waals surface area contributed by atoms with Crippen LogP contribution in [0.4, 0.5) is 0 Å². The molecular formula is C48H50N4O14. The van der Waals surface area contributed by atoms with Gasteiger partial charge in [-0.25, -0.2) is 0 Å². The monoisotopic (exact) mass is 906 g/mol. The number of rotatable bonds is 17. The van der Waals surface area contributed by atoms with Gasteiger partial charge in [0.25, 0.3) is 5.91 Å². The molecule has 18 nitrogen and oxygen atoms in total. The van der Waals surface area contributed by atoms with Crippen LogP contribution < -0.4 is 10.6 Å². The molecule has 0 saturated carbocycles. The Morgan fingerprint density at radius 2 is 1.48 bits per heavy atom. The van der Waals surface area contributed by atoms with Crippen molar-refractivity contribution in [2.45, 2.75) is 75.8 Å². The number of hydrogen-bond acceptors (Lipinski definition) is 16. The number of fused-ring (bicyclic) bond motifs is 6. The van der Waals surface area contributed by atoms with E-state index in [1.54, 1.807) is 43.6 Å². The Bertz CT molecular complexity index is 2710. The molecule has 6 atom stereocenters. The second-order valence-corrected chi connectivity index (χ2v) is 16.5. The molecule has 2 amide bonds. The van der Waals surface area contributed by atoms with Crippen molar-refractivity contribution in [1.29, 1.82) is 0 Å². The smallest absolute Gasteiger partial charge is 0.252 e. The Labute approximate surface area is 378 Å². The third-order valence-corrected chi connectivity index (χ3v) is 12.3. The average Bonchev–Trinajstić information content (AvgIpc) is 3.30. The van der Waals surface area contributed by atoms with Crippen LogP contribution in [0, 0.1) is 0 Å². The lowest BCUT2D eigenvalue weighted by Crippen LogP contribution is -2.55. The molecule has 5 aromatic rings. The largest absolute Gasteiger partial charge is 0.507 e. The summed E-state index contributed by atoms with van der Waals surface area (Å²) in [6.45, 7) is 4.36. The van der Waals surface area contributed by atoms with Gasteiger partial charge >= 0.3 is 0 Å². The summed E-state index contributed by atoms with van der Waals surface area (Å²) in [6.07, 6.45) is -2.17. The van der Waals surface area contributed by atoms with Crippen molar-refractivity contribution in [3.63, 3.8) is 0 Å². The van der Waals surface area contributed by atoms with Gasteiger partial charge in [-0.1, -0.05) is 36.4 Å². The van der Waals surface area contributed by atoms with Crippen LogP contribution in [0.2, 0.25) is 0 Å². The Hall–Kier alpha value is -6.25. The minimum atomic E-state index is -2.09. The first-order valence-corrected chi connectivity index (χ1v) is 21.7. The fraction of sp³-hybridized carbons (Fsp3) is 0.396. The second-order valence-electron chi connectivity index (χ2n) is 16.5. The number of phenolic OH excluding ortho intramolecular Hbond substituents is 2. The van der Waals surface area contributed by atoms with Gasteiger partial charge in [0, 0.05) is 83.2 Å². The number of ketones is 3. The summed E-state index contributed by atoms with van der Waals surface area (Å²) >= 11 is 0. The zero-order valence-corrected chi connectivity index (χ0v) is 36.3. The van der Waals surface area contributed by atoms with Crippen molar-refractivity contribution in [3.05, 3.63) is 106 Å². The van der Waals surface area contributed by atoms with E-state index >= 15 is 0 Å². The average molecular weight is 907 g/mol. The topological polar surface area (TPSA) is 262 Å². The van der Waals surface area contributed by atoms with Crippen LogP contribution >= 0.6 is 0 Å². The molecule has 0 spiro atoms. The number of Topliss-reactive ketones (excluding diaryl/α,β-unsaturated/α-hetero) is 1. The maximum Gasteiger partial charge on any atom is 0.252 e. The number of nitrogens with one attached hydrogen (secondary N) is 2. The number of amides is 2. The molecule has 1 saturated heterocycles. The lowest BCUT2D eigenvalue weighted by atomic mass is 9.72. The molecule has 6 unspecified atom stereocenters. The van der Waals surface area contributed by atoms with Crippen molar-refractivity contribution < 1.29 is 68.1 Å². The van der Waals surface area contributed by atoms with E-state index in [0.29, 0.717) is 16.5 Å². The van der Waals surface area contributed by atoms with Crippen LogP contribution in [-0.4, -0.2) is 136 Å². The number of aliphatic hydroxyl groups is 2.